The second-order valence-electron chi connectivity index (χ2n) is 11.2. The highest BCUT2D eigenvalue weighted by Crippen LogP contribution is 2.28. The first-order valence-electron chi connectivity index (χ1n) is 14.0. The summed E-state index contributed by atoms with van der Waals surface area (Å²) in [5, 5.41) is 19.1. The zero-order chi connectivity index (χ0) is 29.7. The highest BCUT2D eigenvalue weighted by molar-refractivity contribution is 6.06. The lowest BCUT2D eigenvalue weighted by Crippen LogP contribution is -2.29. The first kappa shape index (κ1) is 28.4. The third-order valence-electron chi connectivity index (χ3n) is 6.98. The number of para-hydroxylation sites is 1. The van der Waals surface area contributed by atoms with Crippen LogP contribution in [0, 0.1) is 6.92 Å². The van der Waals surface area contributed by atoms with Crippen LogP contribution in [0.25, 0.3) is 16.5 Å². The number of carbonyl (C=O) groups is 2. The molecule has 0 fully saturated rings. The van der Waals surface area contributed by atoms with Crippen LogP contribution in [0.2, 0.25) is 0 Å². The Kier molecular flexibility index (Phi) is 8.24. The minimum absolute atomic E-state index is 0.171. The summed E-state index contributed by atoms with van der Waals surface area (Å²) in [6, 6.07) is 30.6. The molecule has 0 aliphatic rings. The van der Waals surface area contributed by atoms with Crippen molar-refractivity contribution in [3.63, 3.8) is 0 Å². The maximum atomic E-state index is 13.2. The summed E-state index contributed by atoms with van der Waals surface area (Å²) in [7, 11) is 0. The minimum atomic E-state index is -0.385. The van der Waals surface area contributed by atoms with Crippen LogP contribution in [0.4, 0.5) is 22.0 Å². The molecule has 0 atom stereocenters. The summed E-state index contributed by atoms with van der Waals surface area (Å²) < 4.78 is 1.68. The van der Waals surface area contributed by atoms with Crippen LogP contribution in [0.5, 0.6) is 0 Å². The number of aromatic nitrogens is 2. The lowest BCUT2D eigenvalue weighted by atomic mass is 9.92. The molecule has 42 heavy (non-hydrogen) atoms. The Morgan fingerprint density at radius 2 is 1.55 bits per heavy atom. The van der Waals surface area contributed by atoms with Crippen LogP contribution >= 0.6 is 0 Å². The zero-order valence-electron chi connectivity index (χ0n) is 24.4. The molecule has 8 nitrogen and oxygen atoms in total. The quantitative estimate of drug-likeness (QED) is 0.152. The zero-order valence-corrected chi connectivity index (χ0v) is 24.4. The Hall–Kier alpha value is -5.11. The fourth-order valence-corrected chi connectivity index (χ4v) is 4.66. The SMILES string of the molecule is Cc1ccc(-n2nc(C(C)(C)C)cc2NC(=O)Nc2cccc3ccccc23)cc1C(=O)NCCNc1ccccc1. The highest BCUT2D eigenvalue weighted by atomic mass is 16.2. The van der Waals surface area contributed by atoms with Crippen molar-refractivity contribution in [1.82, 2.24) is 15.1 Å². The molecule has 0 saturated heterocycles. The number of urea groups is 1. The molecule has 0 aliphatic heterocycles. The van der Waals surface area contributed by atoms with Crippen molar-refractivity contribution >= 4 is 39.9 Å². The summed E-state index contributed by atoms with van der Waals surface area (Å²) >= 11 is 0. The summed E-state index contributed by atoms with van der Waals surface area (Å²) in [4.78, 5) is 26.4. The van der Waals surface area contributed by atoms with Crippen LogP contribution in [-0.4, -0.2) is 34.8 Å². The molecule has 1 aromatic heterocycles. The number of carbonyl (C=O) groups excluding carboxylic acids is 2. The van der Waals surface area contributed by atoms with E-state index < -0.39 is 0 Å². The number of anilines is 3. The number of benzene rings is 4. The number of hydrogen-bond acceptors (Lipinski definition) is 4. The van der Waals surface area contributed by atoms with E-state index in [-0.39, 0.29) is 17.4 Å². The Balaban J connectivity index is 1.36. The van der Waals surface area contributed by atoms with Gasteiger partial charge in [-0.2, -0.15) is 5.10 Å². The number of nitrogens with zero attached hydrogens (tertiary/aromatic N) is 2. The van der Waals surface area contributed by atoms with Crippen molar-refractivity contribution in [3.05, 3.63) is 114 Å². The monoisotopic (exact) mass is 560 g/mol. The third-order valence-corrected chi connectivity index (χ3v) is 6.98. The molecule has 0 saturated carbocycles. The summed E-state index contributed by atoms with van der Waals surface area (Å²) in [6.45, 7) is 9.17. The van der Waals surface area contributed by atoms with Gasteiger partial charge in [0.05, 0.1) is 17.1 Å². The molecule has 0 aliphatic carbocycles. The van der Waals surface area contributed by atoms with E-state index in [4.69, 9.17) is 5.10 Å². The van der Waals surface area contributed by atoms with Crippen LogP contribution in [0.15, 0.2) is 97.1 Å². The summed E-state index contributed by atoms with van der Waals surface area (Å²) in [5.74, 6) is 0.329. The second kappa shape index (κ2) is 12.2. The van der Waals surface area contributed by atoms with Gasteiger partial charge in [-0.15, -0.1) is 0 Å². The first-order chi connectivity index (χ1) is 20.2. The van der Waals surface area contributed by atoms with E-state index in [1.54, 1.807) is 4.68 Å². The Morgan fingerprint density at radius 1 is 0.810 bits per heavy atom. The summed E-state index contributed by atoms with van der Waals surface area (Å²) in [5.41, 5.74) is 4.33. The molecule has 3 amide bonds. The molecule has 5 rings (SSSR count). The fourth-order valence-electron chi connectivity index (χ4n) is 4.66. The lowest BCUT2D eigenvalue weighted by molar-refractivity contribution is 0.0954. The smallest absolute Gasteiger partial charge is 0.324 e. The minimum Gasteiger partial charge on any atom is -0.383 e. The van der Waals surface area contributed by atoms with Crippen molar-refractivity contribution in [2.24, 2.45) is 0 Å². The molecular formula is C34H36N6O2. The van der Waals surface area contributed by atoms with Crippen LogP contribution in [0.3, 0.4) is 0 Å². The predicted molar refractivity (Wildman–Crippen MR) is 171 cm³/mol. The van der Waals surface area contributed by atoms with E-state index in [1.165, 1.54) is 0 Å². The largest absolute Gasteiger partial charge is 0.383 e. The molecular weight excluding hydrogens is 524 g/mol. The average Bonchev–Trinajstić information content (AvgIpc) is 3.40. The Morgan fingerprint density at radius 3 is 2.33 bits per heavy atom. The van der Waals surface area contributed by atoms with Crippen LogP contribution < -0.4 is 21.3 Å². The van der Waals surface area contributed by atoms with Gasteiger partial charge in [0.2, 0.25) is 0 Å². The number of rotatable bonds is 8. The van der Waals surface area contributed by atoms with Crippen molar-refractivity contribution in [2.75, 3.05) is 29.0 Å². The molecule has 4 aromatic carbocycles. The highest BCUT2D eigenvalue weighted by Gasteiger charge is 2.22. The standard InChI is InChI=1S/C34H36N6O2/c1-23-17-18-26(21-28(23)32(41)36-20-19-35-25-13-6-5-7-14-25)40-31(22-30(39-40)34(2,3)4)38-33(42)37-29-16-10-12-24-11-8-9-15-27(24)29/h5-18,21-22,35H,19-20H2,1-4H3,(H,36,41)(H2,37,38,42). The summed E-state index contributed by atoms with van der Waals surface area (Å²) in [6.07, 6.45) is 0. The van der Waals surface area contributed by atoms with Crippen molar-refractivity contribution < 1.29 is 9.59 Å². The van der Waals surface area contributed by atoms with Crippen molar-refractivity contribution in [3.8, 4) is 5.69 Å². The van der Waals surface area contributed by atoms with Gasteiger partial charge < -0.3 is 16.0 Å². The van der Waals surface area contributed by atoms with Gasteiger partial charge in [0.1, 0.15) is 5.82 Å². The third kappa shape index (κ3) is 6.61. The van der Waals surface area contributed by atoms with E-state index in [9.17, 15) is 9.59 Å². The van der Waals surface area contributed by atoms with Crippen LogP contribution in [0.1, 0.15) is 42.4 Å². The van der Waals surface area contributed by atoms with Gasteiger partial charge in [0.25, 0.3) is 5.91 Å². The topological polar surface area (TPSA) is 100 Å². The fraction of sp³-hybridized carbons (Fsp3) is 0.206. The molecule has 1 heterocycles. The molecule has 5 aromatic rings. The lowest BCUT2D eigenvalue weighted by Gasteiger charge is -2.15. The van der Waals surface area contributed by atoms with E-state index in [0.717, 1.165) is 27.7 Å². The molecule has 4 N–H and O–H groups in total. The van der Waals surface area contributed by atoms with E-state index in [2.05, 4.69) is 42.0 Å². The number of nitrogens with one attached hydrogen (secondary N) is 4. The van der Waals surface area contributed by atoms with Gasteiger partial charge in [-0.25, -0.2) is 9.48 Å². The second-order valence-corrected chi connectivity index (χ2v) is 11.2. The van der Waals surface area contributed by atoms with Gasteiger partial charge in [0.15, 0.2) is 0 Å². The normalized spacial score (nSPS) is 11.2. The average molecular weight is 561 g/mol. The maximum Gasteiger partial charge on any atom is 0.324 e. The number of amides is 3. The van der Waals surface area contributed by atoms with E-state index in [1.807, 2.05) is 104 Å². The molecule has 0 bridgehead atoms. The Bertz CT molecular complexity index is 1710. The molecule has 0 spiro atoms. The van der Waals surface area contributed by atoms with Gasteiger partial charge in [-0.05, 0) is 48.2 Å². The van der Waals surface area contributed by atoms with E-state index >= 15 is 0 Å². The predicted octanol–water partition coefficient (Wildman–Crippen LogP) is 7.12. The number of hydrogen-bond donors (Lipinski definition) is 4. The number of aryl methyl sites for hydroxylation is 1. The molecule has 0 radical (unpaired) electrons. The molecule has 0 unspecified atom stereocenters. The van der Waals surface area contributed by atoms with E-state index in [0.29, 0.717) is 35.8 Å². The van der Waals surface area contributed by atoms with Gasteiger partial charge in [-0.3, -0.25) is 10.1 Å². The molecule has 8 heteroatoms. The molecule has 214 valence electrons. The van der Waals surface area contributed by atoms with Crippen molar-refractivity contribution in [1.29, 1.82) is 0 Å². The van der Waals surface area contributed by atoms with Gasteiger partial charge >= 0.3 is 6.03 Å². The van der Waals surface area contributed by atoms with Crippen molar-refractivity contribution in [2.45, 2.75) is 33.1 Å². The van der Waals surface area contributed by atoms with Gasteiger partial charge in [-0.1, -0.05) is 81.4 Å². The maximum absolute atomic E-state index is 13.2. The first-order valence-corrected chi connectivity index (χ1v) is 14.0. The van der Waals surface area contributed by atoms with Gasteiger partial charge in [0, 0.05) is 41.2 Å². The van der Waals surface area contributed by atoms with Crippen LogP contribution in [-0.2, 0) is 5.41 Å². The Labute approximate surface area is 246 Å². The number of fused-ring (bicyclic) bond motifs is 1.